The number of nitrogens with two attached hydrogens (primary N) is 1. The maximum absolute atomic E-state index is 11.5. The Kier molecular flexibility index (Phi) is 5.42. The van der Waals surface area contributed by atoms with Crippen LogP contribution in [0.2, 0.25) is 0 Å². The Morgan fingerprint density at radius 3 is 2.00 bits per heavy atom. The van der Waals surface area contributed by atoms with Crippen LogP contribution in [0.25, 0.3) is 0 Å². The fourth-order valence-electron chi connectivity index (χ4n) is 0.933. The van der Waals surface area contributed by atoms with E-state index in [1.165, 1.54) is 0 Å². The molecule has 1 atom stereocenters. The summed E-state index contributed by atoms with van der Waals surface area (Å²) in [5.41, 5.74) is 5.26. The number of esters is 1. The van der Waals surface area contributed by atoms with E-state index in [1.54, 1.807) is 0 Å². The normalized spacial score (nSPS) is 14.7. The van der Waals surface area contributed by atoms with Gasteiger partial charge in [0.1, 0.15) is 12.6 Å². The third kappa shape index (κ3) is 6.80. The molecular weight excluding hydrogens is 206 g/mol. The van der Waals surface area contributed by atoms with Gasteiger partial charge in [0.15, 0.2) is 0 Å². The molecule has 0 rings (SSSR count). The van der Waals surface area contributed by atoms with Gasteiger partial charge in [-0.1, -0.05) is 20.8 Å². The first-order valence-electron chi connectivity index (χ1n) is 5.60. The van der Waals surface area contributed by atoms with Gasteiger partial charge in [-0.05, 0) is 26.2 Å². The van der Waals surface area contributed by atoms with Crippen molar-refractivity contribution in [1.29, 1.82) is 0 Å². The van der Waals surface area contributed by atoms with Gasteiger partial charge in [0.2, 0.25) is 0 Å². The Hall–Kier alpha value is -0.610. The van der Waals surface area contributed by atoms with Crippen LogP contribution in [-0.2, 0) is 14.3 Å². The predicted octanol–water partition coefficient (Wildman–Crippen LogP) is 1.72. The number of hydrogen-bond donors (Lipinski definition) is 1. The molecule has 0 spiro atoms. The largest absolute Gasteiger partial charge is 0.462 e. The van der Waals surface area contributed by atoms with Crippen LogP contribution in [-0.4, -0.2) is 30.8 Å². The zero-order valence-electron chi connectivity index (χ0n) is 11.3. The van der Waals surface area contributed by atoms with Gasteiger partial charge in [-0.2, -0.15) is 0 Å². The molecule has 1 unspecified atom stereocenters. The zero-order chi connectivity index (χ0) is 13.0. The van der Waals surface area contributed by atoms with Crippen molar-refractivity contribution in [3.8, 4) is 0 Å². The van der Waals surface area contributed by atoms with Crippen LogP contribution < -0.4 is 5.73 Å². The molecule has 0 aliphatic carbocycles. The van der Waals surface area contributed by atoms with Crippen LogP contribution in [0, 0.1) is 5.41 Å². The van der Waals surface area contributed by atoms with Gasteiger partial charge in [-0.25, -0.2) is 0 Å². The molecule has 0 radical (unpaired) electrons. The fraction of sp³-hybridized carbons (Fsp3) is 0.917. The number of ether oxygens (including phenoxy) is 2. The summed E-state index contributed by atoms with van der Waals surface area (Å²) in [7, 11) is 0. The van der Waals surface area contributed by atoms with E-state index >= 15 is 0 Å². The minimum absolute atomic E-state index is 0.210. The molecule has 0 saturated heterocycles. The van der Waals surface area contributed by atoms with Gasteiger partial charge in [-0.3, -0.25) is 4.79 Å². The van der Waals surface area contributed by atoms with E-state index in [0.717, 1.165) is 0 Å². The molecule has 0 aromatic rings. The topological polar surface area (TPSA) is 61.5 Å². The quantitative estimate of drug-likeness (QED) is 0.591. The molecule has 0 amide bonds. The molecule has 0 bridgehead atoms. The Labute approximate surface area is 98.5 Å². The molecule has 0 aromatic carbocycles. The molecular formula is C12H25NO3. The molecule has 0 saturated carbocycles. The van der Waals surface area contributed by atoms with Crippen LogP contribution in [0.15, 0.2) is 0 Å². The summed E-state index contributed by atoms with van der Waals surface area (Å²) in [6.07, 6.45) is 0. The molecule has 0 aromatic heterocycles. The van der Waals surface area contributed by atoms with E-state index in [9.17, 15) is 4.79 Å². The van der Waals surface area contributed by atoms with Crippen molar-refractivity contribution < 1.29 is 14.3 Å². The maximum Gasteiger partial charge on any atom is 0.323 e. The van der Waals surface area contributed by atoms with E-state index in [1.807, 2.05) is 41.5 Å². The van der Waals surface area contributed by atoms with Crippen LogP contribution in [0.1, 0.15) is 41.5 Å². The summed E-state index contributed by atoms with van der Waals surface area (Å²) in [5.74, 6) is -0.370. The summed E-state index contributed by atoms with van der Waals surface area (Å²) in [4.78, 5) is 11.5. The third-order valence-corrected chi connectivity index (χ3v) is 2.05. The van der Waals surface area contributed by atoms with Crippen molar-refractivity contribution in [3.63, 3.8) is 0 Å². The second-order valence-electron chi connectivity index (χ2n) is 5.97. The van der Waals surface area contributed by atoms with Gasteiger partial charge < -0.3 is 15.2 Å². The number of carbonyl (C=O) groups is 1. The molecule has 0 heterocycles. The molecule has 0 fully saturated rings. The van der Waals surface area contributed by atoms with E-state index < -0.39 is 6.04 Å². The summed E-state index contributed by atoms with van der Waals surface area (Å²) in [6, 6.07) is -0.595. The standard InChI is InChI=1S/C12H25NO3/c1-11(2,3)9(13)10(14)15-7-8-16-12(4,5)6/h9H,7-8,13H2,1-6H3. The molecule has 0 aliphatic rings. The Balaban J connectivity index is 3.83. The van der Waals surface area contributed by atoms with Crippen molar-refractivity contribution in [1.82, 2.24) is 0 Å². The fourth-order valence-corrected chi connectivity index (χ4v) is 0.933. The van der Waals surface area contributed by atoms with Gasteiger partial charge >= 0.3 is 5.97 Å². The molecule has 4 nitrogen and oxygen atoms in total. The SMILES string of the molecule is CC(C)(C)OCCOC(=O)C(N)C(C)(C)C. The lowest BCUT2D eigenvalue weighted by Crippen LogP contribution is -2.43. The maximum atomic E-state index is 11.5. The highest BCUT2D eigenvalue weighted by Crippen LogP contribution is 2.18. The molecule has 0 aliphatic heterocycles. The van der Waals surface area contributed by atoms with E-state index in [0.29, 0.717) is 6.61 Å². The first-order chi connectivity index (χ1) is 7.04. The van der Waals surface area contributed by atoms with Crippen molar-refractivity contribution in [2.75, 3.05) is 13.2 Å². The summed E-state index contributed by atoms with van der Waals surface area (Å²) < 4.78 is 10.5. The lowest BCUT2D eigenvalue weighted by Gasteiger charge is -2.25. The van der Waals surface area contributed by atoms with E-state index in [4.69, 9.17) is 15.2 Å². The van der Waals surface area contributed by atoms with Crippen LogP contribution in [0.4, 0.5) is 0 Å². The number of hydrogen-bond acceptors (Lipinski definition) is 4. The summed E-state index contributed by atoms with van der Waals surface area (Å²) >= 11 is 0. The molecule has 4 heteroatoms. The Bertz CT molecular complexity index is 225. The highest BCUT2D eigenvalue weighted by molar-refractivity contribution is 5.76. The van der Waals surface area contributed by atoms with Crippen LogP contribution in [0.5, 0.6) is 0 Å². The second kappa shape index (κ2) is 5.64. The van der Waals surface area contributed by atoms with E-state index in [2.05, 4.69) is 0 Å². The van der Waals surface area contributed by atoms with Crippen LogP contribution in [0.3, 0.4) is 0 Å². The highest BCUT2D eigenvalue weighted by atomic mass is 16.6. The Morgan fingerprint density at radius 2 is 1.62 bits per heavy atom. The van der Waals surface area contributed by atoms with E-state index in [-0.39, 0.29) is 23.6 Å². The number of carbonyl (C=O) groups excluding carboxylic acids is 1. The molecule has 2 N–H and O–H groups in total. The van der Waals surface area contributed by atoms with Gasteiger partial charge in [0.25, 0.3) is 0 Å². The van der Waals surface area contributed by atoms with Crippen molar-refractivity contribution in [2.45, 2.75) is 53.2 Å². The molecule has 96 valence electrons. The van der Waals surface area contributed by atoms with Crippen molar-refractivity contribution in [2.24, 2.45) is 11.1 Å². The highest BCUT2D eigenvalue weighted by Gasteiger charge is 2.28. The van der Waals surface area contributed by atoms with Crippen molar-refractivity contribution in [3.05, 3.63) is 0 Å². The Morgan fingerprint density at radius 1 is 1.12 bits per heavy atom. The first kappa shape index (κ1) is 15.4. The summed E-state index contributed by atoms with van der Waals surface area (Å²) in [6.45, 7) is 12.2. The zero-order valence-corrected chi connectivity index (χ0v) is 11.3. The third-order valence-electron chi connectivity index (χ3n) is 2.05. The average molecular weight is 231 g/mol. The average Bonchev–Trinajstić information content (AvgIpc) is 2.07. The lowest BCUT2D eigenvalue weighted by atomic mass is 9.87. The predicted molar refractivity (Wildman–Crippen MR) is 64.1 cm³/mol. The summed E-state index contributed by atoms with van der Waals surface area (Å²) in [5, 5.41) is 0. The monoisotopic (exact) mass is 231 g/mol. The lowest BCUT2D eigenvalue weighted by molar-refractivity contribution is -0.151. The minimum atomic E-state index is -0.595. The van der Waals surface area contributed by atoms with Gasteiger partial charge in [-0.15, -0.1) is 0 Å². The van der Waals surface area contributed by atoms with Gasteiger partial charge in [0.05, 0.1) is 12.2 Å². The van der Waals surface area contributed by atoms with Crippen LogP contribution >= 0.6 is 0 Å². The molecule has 16 heavy (non-hydrogen) atoms. The first-order valence-corrected chi connectivity index (χ1v) is 5.60. The van der Waals surface area contributed by atoms with Gasteiger partial charge in [0, 0.05) is 0 Å². The second-order valence-corrected chi connectivity index (χ2v) is 5.97. The van der Waals surface area contributed by atoms with Crippen molar-refractivity contribution >= 4 is 5.97 Å². The minimum Gasteiger partial charge on any atom is -0.462 e. The number of rotatable bonds is 4. The smallest absolute Gasteiger partial charge is 0.323 e.